The molecule has 3 N–H and O–H groups in total. The van der Waals surface area contributed by atoms with Crippen molar-refractivity contribution in [2.24, 2.45) is 5.92 Å². The van der Waals surface area contributed by atoms with Gasteiger partial charge in [0.05, 0.1) is 0 Å². The smallest absolute Gasteiger partial charge is 0.326 e. The molecule has 104 valence electrons. The number of hydrogen-bond acceptors (Lipinski definition) is 2. The van der Waals surface area contributed by atoms with Crippen LogP contribution >= 0.6 is 0 Å². The molecular weight excluding hydrogens is 251 g/mol. The number of benzene rings is 1. The van der Waals surface area contributed by atoms with Gasteiger partial charge in [-0.2, -0.15) is 0 Å². The predicted molar refractivity (Wildman–Crippen MR) is 69.4 cm³/mol. The number of anilines is 1. The SMILES string of the molecule is CC(C)CC(NC(=O)Nc1cccc(F)c1)C(=O)O. The number of carbonyl (C=O) groups is 2. The summed E-state index contributed by atoms with van der Waals surface area (Å²) < 4.78 is 12.9. The molecule has 0 fully saturated rings. The normalized spacial score (nSPS) is 12.0. The van der Waals surface area contributed by atoms with Crippen LogP contribution in [0.3, 0.4) is 0 Å². The van der Waals surface area contributed by atoms with Crippen molar-refractivity contribution in [2.45, 2.75) is 26.3 Å². The van der Waals surface area contributed by atoms with E-state index in [9.17, 15) is 14.0 Å². The van der Waals surface area contributed by atoms with Crippen LogP contribution in [0.4, 0.5) is 14.9 Å². The first-order valence-corrected chi connectivity index (χ1v) is 5.94. The van der Waals surface area contributed by atoms with Crippen LogP contribution in [0.5, 0.6) is 0 Å². The fourth-order valence-corrected chi connectivity index (χ4v) is 1.58. The molecule has 1 atom stereocenters. The van der Waals surface area contributed by atoms with Gasteiger partial charge in [0, 0.05) is 5.69 Å². The predicted octanol–water partition coefficient (Wildman–Crippen LogP) is 2.45. The molecule has 0 saturated heterocycles. The van der Waals surface area contributed by atoms with Crippen molar-refractivity contribution in [3.05, 3.63) is 30.1 Å². The molecule has 1 aromatic rings. The second-order valence-electron chi connectivity index (χ2n) is 4.63. The lowest BCUT2D eigenvalue weighted by atomic mass is 10.0. The summed E-state index contributed by atoms with van der Waals surface area (Å²) in [6.45, 7) is 3.73. The van der Waals surface area contributed by atoms with Gasteiger partial charge in [0.15, 0.2) is 0 Å². The third kappa shape index (κ3) is 5.37. The lowest BCUT2D eigenvalue weighted by Crippen LogP contribution is -2.43. The van der Waals surface area contributed by atoms with E-state index in [0.717, 1.165) is 6.07 Å². The number of carboxylic acid groups (broad SMARTS) is 1. The molecule has 1 aromatic carbocycles. The van der Waals surface area contributed by atoms with Gasteiger partial charge in [-0.1, -0.05) is 19.9 Å². The van der Waals surface area contributed by atoms with E-state index in [4.69, 9.17) is 5.11 Å². The number of rotatable bonds is 5. The van der Waals surface area contributed by atoms with Crippen molar-refractivity contribution in [3.8, 4) is 0 Å². The fourth-order valence-electron chi connectivity index (χ4n) is 1.58. The van der Waals surface area contributed by atoms with E-state index in [0.29, 0.717) is 6.42 Å². The Balaban J connectivity index is 2.60. The van der Waals surface area contributed by atoms with E-state index in [1.54, 1.807) is 0 Å². The third-order valence-corrected chi connectivity index (χ3v) is 2.39. The van der Waals surface area contributed by atoms with Crippen LogP contribution < -0.4 is 10.6 Å². The average molecular weight is 268 g/mol. The minimum atomic E-state index is -1.09. The molecule has 0 heterocycles. The summed E-state index contributed by atoms with van der Waals surface area (Å²) in [7, 11) is 0. The van der Waals surface area contributed by atoms with Gasteiger partial charge in [-0.15, -0.1) is 0 Å². The fraction of sp³-hybridized carbons (Fsp3) is 0.385. The molecule has 1 rings (SSSR count). The molecular formula is C13H17FN2O3. The van der Waals surface area contributed by atoms with Crippen molar-refractivity contribution in [2.75, 3.05) is 5.32 Å². The quantitative estimate of drug-likeness (QED) is 0.767. The van der Waals surface area contributed by atoms with Gasteiger partial charge in [0.25, 0.3) is 0 Å². The van der Waals surface area contributed by atoms with Crippen LogP contribution in [-0.2, 0) is 4.79 Å². The van der Waals surface area contributed by atoms with E-state index >= 15 is 0 Å². The molecule has 0 saturated carbocycles. The summed E-state index contributed by atoms with van der Waals surface area (Å²) in [6.07, 6.45) is 0.325. The minimum Gasteiger partial charge on any atom is -0.480 e. The topological polar surface area (TPSA) is 78.4 Å². The molecule has 2 amide bonds. The van der Waals surface area contributed by atoms with E-state index in [2.05, 4.69) is 10.6 Å². The molecule has 0 aromatic heterocycles. The Labute approximate surface area is 110 Å². The molecule has 0 aliphatic heterocycles. The Bertz CT molecular complexity index is 463. The average Bonchev–Trinajstić information content (AvgIpc) is 2.27. The lowest BCUT2D eigenvalue weighted by molar-refractivity contribution is -0.139. The highest BCUT2D eigenvalue weighted by Gasteiger charge is 2.20. The maximum absolute atomic E-state index is 12.9. The zero-order valence-corrected chi connectivity index (χ0v) is 10.8. The van der Waals surface area contributed by atoms with Crippen LogP contribution in [0, 0.1) is 11.7 Å². The molecule has 19 heavy (non-hydrogen) atoms. The maximum Gasteiger partial charge on any atom is 0.326 e. The van der Waals surface area contributed by atoms with Gasteiger partial charge in [-0.25, -0.2) is 14.0 Å². The van der Waals surface area contributed by atoms with Crippen molar-refractivity contribution in [1.82, 2.24) is 5.32 Å². The Hall–Kier alpha value is -2.11. The highest BCUT2D eigenvalue weighted by molar-refractivity contribution is 5.92. The number of carboxylic acids is 1. The minimum absolute atomic E-state index is 0.135. The molecule has 6 heteroatoms. The number of nitrogens with one attached hydrogen (secondary N) is 2. The number of amides is 2. The van der Waals surface area contributed by atoms with E-state index in [-0.39, 0.29) is 11.6 Å². The summed E-state index contributed by atoms with van der Waals surface area (Å²) in [5.74, 6) is -1.44. The number of urea groups is 1. The third-order valence-electron chi connectivity index (χ3n) is 2.39. The summed E-state index contributed by atoms with van der Waals surface area (Å²) in [5, 5.41) is 13.7. The van der Waals surface area contributed by atoms with Gasteiger partial charge < -0.3 is 15.7 Å². The van der Waals surface area contributed by atoms with Gasteiger partial charge in [0.2, 0.25) is 0 Å². The van der Waals surface area contributed by atoms with E-state index < -0.39 is 23.9 Å². The number of carbonyl (C=O) groups excluding carboxylic acids is 1. The van der Waals surface area contributed by atoms with Crippen LogP contribution in [0.1, 0.15) is 20.3 Å². The number of halogens is 1. The Kier molecular flexibility index (Phi) is 5.29. The van der Waals surface area contributed by atoms with Crippen molar-refractivity contribution >= 4 is 17.7 Å². The maximum atomic E-state index is 12.9. The second kappa shape index (κ2) is 6.72. The number of hydrogen-bond donors (Lipinski definition) is 3. The molecule has 0 bridgehead atoms. The van der Waals surface area contributed by atoms with Crippen molar-refractivity contribution in [3.63, 3.8) is 0 Å². The summed E-state index contributed by atoms with van der Waals surface area (Å²) in [6, 6.07) is 3.74. The summed E-state index contributed by atoms with van der Waals surface area (Å²) in [5.41, 5.74) is 0.270. The first-order chi connectivity index (χ1) is 8.88. The van der Waals surface area contributed by atoms with Gasteiger partial charge in [-0.05, 0) is 30.5 Å². The molecule has 0 aliphatic rings. The lowest BCUT2D eigenvalue weighted by Gasteiger charge is -2.16. The Morgan fingerprint density at radius 1 is 1.37 bits per heavy atom. The summed E-state index contributed by atoms with van der Waals surface area (Å²) in [4.78, 5) is 22.6. The first-order valence-electron chi connectivity index (χ1n) is 5.94. The van der Waals surface area contributed by atoms with Crippen LogP contribution in [0.25, 0.3) is 0 Å². The van der Waals surface area contributed by atoms with Crippen LogP contribution in [0.15, 0.2) is 24.3 Å². The molecule has 5 nitrogen and oxygen atoms in total. The Morgan fingerprint density at radius 3 is 2.58 bits per heavy atom. The Morgan fingerprint density at radius 2 is 2.05 bits per heavy atom. The summed E-state index contributed by atoms with van der Waals surface area (Å²) >= 11 is 0. The molecule has 0 spiro atoms. The standard InChI is InChI=1S/C13H17FN2O3/c1-8(2)6-11(12(17)18)16-13(19)15-10-5-3-4-9(14)7-10/h3-5,7-8,11H,6H2,1-2H3,(H,17,18)(H2,15,16,19). The van der Waals surface area contributed by atoms with E-state index in [1.165, 1.54) is 18.2 Å². The second-order valence-corrected chi connectivity index (χ2v) is 4.63. The number of aliphatic carboxylic acids is 1. The zero-order chi connectivity index (χ0) is 14.4. The van der Waals surface area contributed by atoms with Crippen molar-refractivity contribution < 1.29 is 19.1 Å². The van der Waals surface area contributed by atoms with Crippen LogP contribution in [-0.4, -0.2) is 23.1 Å². The highest BCUT2D eigenvalue weighted by atomic mass is 19.1. The van der Waals surface area contributed by atoms with Gasteiger partial charge in [-0.3, -0.25) is 0 Å². The highest BCUT2D eigenvalue weighted by Crippen LogP contribution is 2.09. The molecule has 1 unspecified atom stereocenters. The first kappa shape index (κ1) is 14.9. The van der Waals surface area contributed by atoms with Gasteiger partial charge in [0.1, 0.15) is 11.9 Å². The molecule has 0 radical (unpaired) electrons. The van der Waals surface area contributed by atoms with E-state index in [1.807, 2.05) is 13.8 Å². The molecule has 0 aliphatic carbocycles. The van der Waals surface area contributed by atoms with Crippen molar-refractivity contribution in [1.29, 1.82) is 0 Å². The zero-order valence-electron chi connectivity index (χ0n) is 10.8. The van der Waals surface area contributed by atoms with Crippen LogP contribution in [0.2, 0.25) is 0 Å². The monoisotopic (exact) mass is 268 g/mol. The van der Waals surface area contributed by atoms with Gasteiger partial charge >= 0.3 is 12.0 Å². The largest absolute Gasteiger partial charge is 0.480 e.